The van der Waals surface area contributed by atoms with Crippen LogP contribution in [0.5, 0.6) is 0 Å². The first-order valence-electron chi connectivity index (χ1n) is 6.70. The van der Waals surface area contributed by atoms with Gasteiger partial charge in [-0.2, -0.15) is 0 Å². The van der Waals surface area contributed by atoms with Crippen LogP contribution >= 0.6 is 12.2 Å². The smallest absolute Gasteiger partial charge is 0.224 e. The van der Waals surface area contributed by atoms with Crippen LogP contribution in [0.1, 0.15) is 35.6 Å². The Morgan fingerprint density at radius 3 is 2.48 bits per heavy atom. The number of benzene rings is 1. The number of amides is 1. The third-order valence-electron chi connectivity index (χ3n) is 3.17. The number of hydrogen-bond acceptors (Lipinski definition) is 3. The van der Waals surface area contributed by atoms with Crippen LogP contribution in [-0.4, -0.2) is 10.9 Å². The number of aryl methyl sites for hydroxylation is 1. The SMILES string of the molecule is Cc1ccc(C(C)NC(=O)Cc2ccc(C(N)=S)cc2)o1. The van der Waals surface area contributed by atoms with E-state index in [0.29, 0.717) is 11.4 Å². The number of rotatable bonds is 5. The first kappa shape index (κ1) is 15.3. The molecule has 1 heterocycles. The molecule has 4 nitrogen and oxygen atoms in total. The highest BCUT2D eigenvalue weighted by Gasteiger charge is 2.13. The summed E-state index contributed by atoms with van der Waals surface area (Å²) in [5.74, 6) is 1.53. The first-order valence-corrected chi connectivity index (χ1v) is 7.11. The average Bonchev–Trinajstić information content (AvgIpc) is 2.86. The fraction of sp³-hybridized carbons (Fsp3) is 0.250. The van der Waals surface area contributed by atoms with Crippen LogP contribution in [-0.2, 0) is 11.2 Å². The van der Waals surface area contributed by atoms with Gasteiger partial charge in [-0.05, 0) is 31.5 Å². The highest BCUT2D eigenvalue weighted by atomic mass is 32.1. The maximum Gasteiger partial charge on any atom is 0.224 e. The van der Waals surface area contributed by atoms with Crippen molar-refractivity contribution in [2.75, 3.05) is 0 Å². The van der Waals surface area contributed by atoms with E-state index < -0.39 is 0 Å². The lowest BCUT2D eigenvalue weighted by Gasteiger charge is -2.11. The molecule has 5 heteroatoms. The van der Waals surface area contributed by atoms with Crippen molar-refractivity contribution in [3.63, 3.8) is 0 Å². The molecule has 21 heavy (non-hydrogen) atoms. The van der Waals surface area contributed by atoms with E-state index in [9.17, 15) is 4.79 Å². The average molecular weight is 302 g/mol. The van der Waals surface area contributed by atoms with Gasteiger partial charge < -0.3 is 15.5 Å². The minimum absolute atomic E-state index is 0.0559. The summed E-state index contributed by atoms with van der Waals surface area (Å²) in [6, 6.07) is 11.0. The van der Waals surface area contributed by atoms with Crippen molar-refractivity contribution in [1.29, 1.82) is 0 Å². The van der Waals surface area contributed by atoms with Crippen LogP contribution in [0.3, 0.4) is 0 Å². The van der Waals surface area contributed by atoms with Crippen LogP contribution in [0, 0.1) is 6.92 Å². The van der Waals surface area contributed by atoms with Gasteiger partial charge in [0.05, 0.1) is 12.5 Å². The van der Waals surface area contributed by atoms with Gasteiger partial charge in [0, 0.05) is 5.56 Å². The number of nitrogens with one attached hydrogen (secondary N) is 1. The van der Waals surface area contributed by atoms with Gasteiger partial charge in [0.1, 0.15) is 16.5 Å². The summed E-state index contributed by atoms with van der Waals surface area (Å²) in [6.45, 7) is 3.77. The second kappa shape index (κ2) is 6.54. The lowest BCUT2D eigenvalue weighted by molar-refractivity contribution is -0.121. The summed E-state index contributed by atoms with van der Waals surface area (Å²) in [6.07, 6.45) is 0.307. The van der Waals surface area contributed by atoms with Crippen LogP contribution in [0.4, 0.5) is 0 Å². The van der Waals surface area contributed by atoms with E-state index >= 15 is 0 Å². The van der Waals surface area contributed by atoms with Gasteiger partial charge in [0.25, 0.3) is 0 Å². The third-order valence-corrected chi connectivity index (χ3v) is 3.40. The van der Waals surface area contributed by atoms with E-state index in [0.717, 1.165) is 22.6 Å². The Morgan fingerprint density at radius 1 is 1.29 bits per heavy atom. The van der Waals surface area contributed by atoms with E-state index in [-0.39, 0.29) is 11.9 Å². The molecular weight excluding hydrogens is 284 g/mol. The van der Waals surface area contributed by atoms with E-state index in [2.05, 4.69) is 5.32 Å². The molecule has 0 saturated heterocycles. The zero-order valence-electron chi connectivity index (χ0n) is 12.1. The summed E-state index contributed by atoms with van der Waals surface area (Å²) in [5, 5.41) is 2.91. The molecule has 1 amide bonds. The molecular formula is C16H18N2O2S. The standard InChI is InChI=1S/C16H18N2O2S/c1-10-3-8-14(20-10)11(2)18-15(19)9-12-4-6-13(7-5-12)16(17)21/h3-8,11H,9H2,1-2H3,(H2,17,21)(H,18,19). The quantitative estimate of drug-likeness (QED) is 0.833. The van der Waals surface area contributed by atoms with E-state index in [1.165, 1.54) is 0 Å². The molecule has 3 N–H and O–H groups in total. The van der Waals surface area contributed by atoms with Gasteiger partial charge in [-0.3, -0.25) is 4.79 Å². The molecule has 0 saturated carbocycles. The molecule has 2 rings (SSSR count). The van der Waals surface area contributed by atoms with E-state index in [1.807, 2.05) is 50.2 Å². The van der Waals surface area contributed by atoms with Gasteiger partial charge in [0.2, 0.25) is 5.91 Å². The Morgan fingerprint density at radius 2 is 1.95 bits per heavy atom. The monoisotopic (exact) mass is 302 g/mol. The Labute approximate surface area is 129 Å². The molecule has 0 aliphatic carbocycles. The van der Waals surface area contributed by atoms with Gasteiger partial charge in [-0.25, -0.2) is 0 Å². The second-order valence-electron chi connectivity index (χ2n) is 4.98. The highest BCUT2D eigenvalue weighted by Crippen LogP contribution is 2.15. The Bertz CT molecular complexity index is 647. The third kappa shape index (κ3) is 4.16. The molecule has 2 aromatic rings. The summed E-state index contributed by atoms with van der Waals surface area (Å²) in [7, 11) is 0. The molecule has 1 atom stereocenters. The van der Waals surface area contributed by atoms with Gasteiger partial charge in [-0.15, -0.1) is 0 Å². The van der Waals surface area contributed by atoms with E-state index in [4.69, 9.17) is 22.4 Å². The molecule has 1 aromatic carbocycles. The maximum atomic E-state index is 12.0. The van der Waals surface area contributed by atoms with Crippen molar-refractivity contribution in [2.24, 2.45) is 5.73 Å². The molecule has 0 aliphatic rings. The summed E-state index contributed by atoms with van der Waals surface area (Å²) in [4.78, 5) is 12.4. The van der Waals surface area contributed by atoms with Crippen LogP contribution < -0.4 is 11.1 Å². The normalized spacial score (nSPS) is 11.9. The minimum atomic E-state index is -0.151. The molecule has 0 bridgehead atoms. The number of carbonyl (C=O) groups is 1. The first-order chi connectivity index (χ1) is 9.95. The number of thiocarbonyl (C=S) groups is 1. The van der Waals surface area contributed by atoms with E-state index in [1.54, 1.807) is 0 Å². The van der Waals surface area contributed by atoms with Gasteiger partial charge in [0.15, 0.2) is 0 Å². The van der Waals surface area contributed by atoms with Gasteiger partial charge in [-0.1, -0.05) is 36.5 Å². The fourth-order valence-electron chi connectivity index (χ4n) is 2.02. The van der Waals surface area contributed by atoms with Crippen molar-refractivity contribution in [2.45, 2.75) is 26.3 Å². The minimum Gasteiger partial charge on any atom is -0.464 e. The van der Waals surface area contributed by atoms with Crippen molar-refractivity contribution >= 4 is 23.1 Å². The topological polar surface area (TPSA) is 68.3 Å². The molecule has 1 unspecified atom stereocenters. The zero-order valence-corrected chi connectivity index (χ0v) is 12.9. The summed E-state index contributed by atoms with van der Waals surface area (Å²) < 4.78 is 5.50. The Balaban J connectivity index is 1.93. The zero-order chi connectivity index (χ0) is 15.4. The van der Waals surface area contributed by atoms with Gasteiger partial charge >= 0.3 is 0 Å². The number of carbonyl (C=O) groups excluding carboxylic acids is 1. The maximum absolute atomic E-state index is 12.0. The number of furan rings is 1. The van der Waals surface area contributed by atoms with Crippen molar-refractivity contribution in [3.8, 4) is 0 Å². The summed E-state index contributed by atoms with van der Waals surface area (Å²) >= 11 is 4.89. The predicted molar refractivity (Wildman–Crippen MR) is 86.0 cm³/mol. The number of hydrogen-bond donors (Lipinski definition) is 2. The highest BCUT2D eigenvalue weighted by molar-refractivity contribution is 7.80. The Kier molecular flexibility index (Phi) is 4.75. The lowest BCUT2D eigenvalue weighted by atomic mass is 10.1. The van der Waals surface area contributed by atoms with Crippen LogP contribution in [0.15, 0.2) is 40.8 Å². The molecule has 0 radical (unpaired) electrons. The lowest BCUT2D eigenvalue weighted by Crippen LogP contribution is -2.27. The van der Waals surface area contributed by atoms with Crippen molar-refractivity contribution < 1.29 is 9.21 Å². The molecule has 0 spiro atoms. The van der Waals surface area contributed by atoms with Crippen LogP contribution in [0.25, 0.3) is 0 Å². The predicted octanol–water partition coefficient (Wildman–Crippen LogP) is 2.64. The number of nitrogens with two attached hydrogens (primary N) is 1. The molecule has 110 valence electrons. The Hall–Kier alpha value is -2.14. The molecule has 1 aromatic heterocycles. The van der Waals surface area contributed by atoms with Crippen molar-refractivity contribution in [3.05, 3.63) is 59.0 Å². The largest absolute Gasteiger partial charge is 0.464 e. The molecule has 0 aliphatic heterocycles. The van der Waals surface area contributed by atoms with Crippen LogP contribution in [0.2, 0.25) is 0 Å². The fourth-order valence-corrected chi connectivity index (χ4v) is 2.16. The summed E-state index contributed by atoms with van der Waals surface area (Å²) in [5.41, 5.74) is 7.25. The second-order valence-corrected chi connectivity index (χ2v) is 5.42. The molecule has 0 fully saturated rings. The van der Waals surface area contributed by atoms with Crippen molar-refractivity contribution in [1.82, 2.24) is 5.32 Å².